The fourth-order valence-corrected chi connectivity index (χ4v) is 2.53. The molecule has 0 radical (unpaired) electrons. The number of halogens is 1. The zero-order chi connectivity index (χ0) is 10.9. The van der Waals surface area contributed by atoms with Gasteiger partial charge in [0.25, 0.3) is 0 Å². The van der Waals surface area contributed by atoms with E-state index in [1.807, 2.05) is 0 Å². The molecule has 0 bridgehead atoms. The van der Waals surface area contributed by atoms with Crippen LogP contribution in [0.5, 0.6) is 0 Å². The number of rotatable bonds is 7. The van der Waals surface area contributed by atoms with Crippen molar-refractivity contribution >= 4 is 15.9 Å². The Hall–Kier alpha value is 0.400. The van der Waals surface area contributed by atoms with E-state index in [9.17, 15) is 0 Å². The molecule has 0 aliphatic heterocycles. The van der Waals surface area contributed by atoms with Gasteiger partial charge in [-0.05, 0) is 38.5 Å². The number of hydrogen-bond donors (Lipinski definition) is 1. The van der Waals surface area contributed by atoms with Crippen molar-refractivity contribution in [2.75, 3.05) is 13.2 Å². The standard InChI is InChI=1S/C12H23BrO2/c13-11-5-7-12(8-6-11)15-10-4-2-1-3-9-14/h11-12,14H,1-10H2. The lowest BCUT2D eigenvalue weighted by atomic mass is 9.97. The van der Waals surface area contributed by atoms with Crippen LogP contribution in [0.4, 0.5) is 0 Å². The van der Waals surface area contributed by atoms with Crippen LogP contribution in [0.25, 0.3) is 0 Å². The Morgan fingerprint density at radius 3 is 2.33 bits per heavy atom. The van der Waals surface area contributed by atoms with Gasteiger partial charge in [-0.3, -0.25) is 0 Å². The SMILES string of the molecule is OCCCCCCOC1CCC(Br)CC1. The van der Waals surface area contributed by atoms with E-state index in [1.165, 1.54) is 32.1 Å². The molecule has 1 N–H and O–H groups in total. The van der Waals surface area contributed by atoms with Crippen LogP contribution < -0.4 is 0 Å². The molecule has 0 saturated heterocycles. The summed E-state index contributed by atoms with van der Waals surface area (Å²) in [7, 11) is 0. The third kappa shape index (κ3) is 6.54. The Bertz CT molecular complexity index is 145. The van der Waals surface area contributed by atoms with E-state index < -0.39 is 0 Å². The molecule has 0 spiro atoms. The first-order valence-corrected chi connectivity index (χ1v) is 7.11. The van der Waals surface area contributed by atoms with Crippen molar-refractivity contribution in [2.24, 2.45) is 0 Å². The van der Waals surface area contributed by atoms with Gasteiger partial charge < -0.3 is 9.84 Å². The molecule has 0 atom stereocenters. The normalized spacial score (nSPS) is 26.8. The molecule has 0 aromatic heterocycles. The second-order valence-electron chi connectivity index (χ2n) is 4.38. The molecule has 1 rings (SSSR count). The van der Waals surface area contributed by atoms with Crippen molar-refractivity contribution in [2.45, 2.75) is 62.3 Å². The van der Waals surface area contributed by atoms with E-state index in [1.54, 1.807) is 0 Å². The van der Waals surface area contributed by atoms with Crippen molar-refractivity contribution in [1.29, 1.82) is 0 Å². The van der Waals surface area contributed by atoms with Crippen LogP contribution in [0.2, 0.25) is 0 Å². The molecule has 1 aliphatic carbocycles. The van der Waals surface area contributed by atoms with Gasteiger partial charge in [-0.2, -0.15) is 0 Å². The van der Waals surface area contributed by atoms with Crippen molar-refractivity contribution in [1.82, 2.24) is 0 Å². The summed E-state index contributed by atoms with van der Waals surface area (Å²) in [6, 6.07) is 0. The minimum absolute atomic E-state index is 0.329. The van der Waals surface area contributed by atoms with Crippen molar-refractivity contribution in [3.8, 4) is 0 Å². The van der Waals surface area contributed by atoms with E-state index in [0.717, 1.165) is 30.7 Å². The molecule has 0 unspecified atom stereocenters. The lowest BCUT2D eigenvalue weighted by molar-refractivity contribution is 0.0275. The molecule has 0 aromatic carbocycles. The molecule has 0 aromatic rings. The summed E-state index contributed by atoms with van der Waals surface area (Å²) in [5.74, 6) is 0. The van der Waals surface area contributed by atoms with Gasteiger partial charge in [0.15, 0.2) is 0 Å². The Kier molecular flexibility index (Phi) is 7.67. The van der Waals surface area contributed by atoms with Crippen molar-refractivity contribution in [3.05, 3.63) is 0 Å². The van der Waals surface area contributed by atoms with E-state index in [4.69, 9.17) is 9.84 Å². The van der Waals surface area contributed by atoms with Crippen LogP contribution in [0.3, 0.4) is 0 Å². The maximum absolute atomic E-state index is 8.62. The summed E-state index contributed by atoms with van der Waals surface area (Å²) in [6.45, 7) is 1.24. The number of hydrogen-bond acceptors (Lipinski definition) is 2. The summed E-state index contributed by atoms with van der Waals surface area (Å²) < 4.78 is 5.83. The van der Waals surface area contributed by atoms with Crippen molar-refractivity contribution in [3.63, 3.8) is 0 Å². The van der Waals surface area contributed by atoms with Gasteiger partial charge in [-0.1, -0.05) is 28.8 Å². The highest BCUT2D eigenvalue weighted by Gasteiger charge is 2.18. The Labute approximate surface area is 102 Å². The maximum atomic E-state index is 8.62. The lowest BCUT2D eigenvalue weighted by Crippen LogP contribution is -2.21. The third-order valence-corrected chi connectivity index (χ3v) is 3.93. The van der Waals surface area contributed by atoms with Crippen molar-refractivity contribution < 1.29 is 9.84 Å². The number of aliphatic hydroxyl groups is 1. The van der Waals surface area contributed by atoms with Gasteiger partial charge in [0.1, 0.15) is 0 Å². The van der Waals surface area contributed by atoms with Crippen LogP contribution in [0.1, 0.15) is 51.4 Å². The van der Waals surface area contributed by atoms with Gasteiger partial charge in [-0.15, -0.1) is 0 Å². The van der Waals surface area contributed by atoms with Crippen LogP contribution in [0.15, 0.2) is 0 Å². The molecule has 0 amide bonds. The van der Waals surface area contributed by atoms with E-state index in [-0.39, 0.29) is 0 Å². The summed E-state index contributed by atoms with van der Waals surface area (Å²) in [5, 5.41) is 8.62. The molecule has 0 heterocycles. The Morgan fingerprint density at radius 2 is 1.67 bits per heavy atom. The minimum atomic E-state index is 0.329. The maximum Gasteiger partial charge on any atom is 0.0576 e. The highest BCUT2D eigenvalue weighted by molar-refractivity contribution is 9.09. The molecule has 1 aliphatic rings. The van der Waals surface area contributed by atoms with Gasteiger partial charge in [0.2, 0.25) is 0 Å². The van der Waals surface area contributed by atoms with Gasteiger partial charge in [-0.25, -0.2) is 0 Å². The van der Waals surface area contributed by atoms with Crippen LogP contribution in [-0.2, 0) is 4.74 Å². The first-order chi connectivity index (χ1) is 7.33. The molecule has 1 saturated carbocycles. The quantitative estimate of drug-likeness (QED) is 0.572. The summed E-state index contributed by atoms with van der Waals surface area (Å²) >= 11 is 3.65. The summed E-state index contributed by atoms with van der Waals surface area (Å²) in [5.41, 5.74) is 0. The van der Waals surface area contributed by atoms with Crippen LogP contribution in [-0.4, -0.2) is 29.3 Å². The summed E-state index contributed by atoms with van der Waals surface area (Å²) in [6.07, 6.45) is 9.87. The molecule has 90 valence electrons. The second kappa shape index (κ2) is 8.54. The topological polar surface area (TPSA) is 29.5 Å². The fraction of sp³-hybridized carbons (Fsp3) is 1.00. The van der Waals surface area contributed by atoms with E-state index in [0.29, 0.717) is 12.7 Å². The number of alkyl halides is 1. The Balaban J connectivity index is 1.87. The van der Waals surface area contributed by atoms with Crippen LogP contribution in [0, 0.1) is 0 Å². The Morgan fingerprint density at radius 1 is 1.00 bits per heavy atom. The molecule has 1 fully saturated rings. The molecular weight excluding hydrogens is 256 g/mol. The lowest BCUT2D eigenvalue weighted by Gasteiger charge is -2.25. The number of aliphatic hydroxyl groups excluding tert-OH is 1. The molecule has 15 heavy (non-hydrogen) atoms. The fourth-order valence-electron chi connectivity index (χ4n) is 2.01. The number of unbranched alkanes of at least 4 members (excludes halogenated alkanes) is 3. The van der Waals surface area contributed by atoms with Gasteiger partial charge >= 0.3 is 0 Å². The molecule has 3 heteroatoms. The zero-order valence-electron chi connectivity index (χ0n) is 9.46. The average Bonchev–Trinajstić information content (AvgIpc) is 2.26. The second-order valence-corrected chi connectivity index (χ2v) is 5.68. The van der Waals surface area contributed by atoms with E-state index >= 15 is 0 Å². The molecule has 2 nitrogen and oxygen atoms in total. The summed E-state index contributed by atoms with van der Waals surface area (Å²) in [4.78, 5) is 0.724. The highest BCUT2D eigenvalue weighted by atomic mass is 79.9. The first-order valence-electron chi connectivity index (χ1n) is 6.19. The minimum Gasteiger partial charge on any atom is -0.396 e. The third-order valence-electron chi connectivity index (χ3n) is 3.01. The monoisotopic (exact) mass is 278 g/mol. The molecular formula is C12H23BrO2. The largest absolute Gasteiger partial charge is 0.396 e. The first kappa shape index (κ1) is 13.5. The zero-order valence-corrected chi connectivity index (χ0v) is 11.0. The predicted octanol–water partition coefficient (Wildman–Crippen LogP) is 3.26. The smallest absolute Gasteiger partial charge is 0.0576 e. The number of ether oxygens (including phenoxy) is 1. The van der Waals surface area contributed by atoms with Crippen LogP contribution >= 0.6 is 15.9 Å². The highest BCUT2D eigenvalue weighted by Crippen LogP contribution is 2.26. The van der Waals surface area contributed by atoms with Gasteiger partial charge in [0, 0.05) is 18.0 Å². The van der Waals surface area contributed by atoms with E-state index in [2.05, 4.69) is 15.9 Å². The predicted molar refractivity (Wildman–Crippen MR) is 66.5 cm³/mol. The average molecular weight is 279 g/mol. The van der Waals surface area contributed by atoms with Gasteiger partial charge in [0.05, 0.1) is 6.10 Å².